The summed E-state index contributed by atoms with van der Waals surface area (Å²) in [5.74, 6) is 0. The second kappa shape index (κ2) is 5.31. The predicted molar refractivity (Wildman–Crippen MR) is 81.1 cm³/mol. The largest absolute Gasteiger partial charge is 0.323 e. The van der Waals surface area contributed by atoms with Gasteiger partial charge in [-0.15, -0.1) is 11.3 Å². The second-order valence-corrected chi connectivity index (χ2v) is 5.92. The molecule has 100 valence electrons. The first-order valence-electron chi connectivity index (χ1n) is 6.82. The Balaban J connectivity index is 1.99. The minimum atomic E-state index is 0.00669. The zero-order chi connectivity index (χ0) is 13.2. The first-order chi connectivity index (χ1) is 9.25. The van der Waals surface area contributed by atoms with Crippen LogP contribution >= 0.6 is 11.3 Å². The second-order valence-electron chi connectivity index (χ2n) is 5.08. The van der Waals surface area contributed by atoms with Crippen LogP contribution in [0.4, 0.5) is 10.8 Å². The van der Waals surface area contributed by atoms with Crippen LogP contribution in [0.5, 0.6) is 0 Å². The molecule has 0 fully saturated rings. The monoisotopic (exact) mass is 273 g/mol. The molecule has 0 bridgehead atoms. The number of anilines is 2. The molecule has 4 heteroatoms. The lowest BCUT2D eigenvalue weighted by Crippen LogP contribution is -2.18. The smallest absolute Gasteiger partial charge is 0.190 e. The molecule has 0 aliphatic carbocycles. The SMILES string of the molecule is CC(N)c1csc(N2CCCCc3ccccc32)n1. The molecular weight excluding hydrogens is 254 g/mol. The molecule has 0 amide bonds. The lowest BCUT2D eigenvalue weighted by Gasteiger charge is -2.21. The van der Waals surface area contributed by atoms with Crippen LogP contribution in [0.1, 0.15) is 37.1 Å². The Morgan fingerprint density at radius 2 is 2.16 bits per heavy atom. The van der Waals surface area contributed by atoms with E-state index in [2.05, 4.69) is 34.5 Å². The highest BCUT2D eigenvalue weighted by atomic mass is 32.1. The van der Waals surface area contributed by atoms with Crippen LogP contribution in [-0.2, 0) is 6.42 Å². The number of aromatic nitrogens is 1. The molecule has 1 aromatic heterocycles. The van der Waals surface area contributed by atoms with Crippen molar-refractivity contribution in [3.63, 3.8) is 0 Å². The third kappa shape index (κ3) is 2.51. The summed E-state index contributed by atoms with van der Waals surface area (Å²) in [6.07, 6.45) is 3.62. The van der Waals surface area contributed by atoms with Gasteiger partial charge in [0, 0.05) is 23.7 Å². The van der Waals surface area contributed by atoms with Gasteiger partial charge >= 0.3 is 0 Å². The molecule has 2 heterocycles. The minimum absolute atomic E-state index is 0.00669. The van der Waals surface area contributed by atoms with Crippen LogP contribution in [0.2, 0.25) is 0 Å². The van der Waals surface area contributed by atoms with Gasteiger partial charge in [-0.2, -0.15) is 0 Å². The van der Waals surface area contributed by atoms with E-state index < -0.39 is 0 Å². The Morgan fingerprint density at radius 3 is 2.95 bits per heavy atom. The number of hydrogen-bond donors (Lipinski definition) is 1. The number of hydrogen-bond acceptors (Lipinski definition) is 4. The van der Waals surface area contributed by atoms with Crippen molar-refractivity contribution in [3.8, 4) is 0 Å². The van der Waals surface area contributed by atoms with Gasteiger partial charge < -0.3 is 10.6 Å². The van der Waals surface area contributed by atoms with Gasteiger partial charge in [-0.25, -0.2) is 4.98 Å². The number of nitrogens with zero attached hydrogens (tertiary/aromatic N) is 2. The summed E-state index contributed by atoms with van der Waals surface area (Å²) in [6, 6.07) is 8.67. The van der Waals surface area contributed by atoms with Gasteiger partial charge in [0.2, 0.25) is 0 Å². The minimum Gasteiger partial charge on any atom is -0.323 e. The van der Waals surface area contributed by atoms with Crippen LogP contribution in [0, 0.1) is 0 Å². The highest BCUT2D eigenvalue weighted by molar-refractivity contribution is 7.13. The molecule has 2 aromatic rings. The van der Waals surface area contributed by atoms with Crippen molar-refractivity contribution < 1.29 is 0 Å². The summed E-state index contributed by atoms with van der Waals surface area (Å²) < 4.78 is 0. The van der Waals surface area contributed by atoms with E-state index in [1.165, 1.54) is 24.1 Å². The number of nitrogens with two attached hydrogens (primary N) is 1. The molecule has 1 aromatic carbocycles. The van der Waals surface area contributed by atoms with E-state index in [0.29, 0.717) is 0 Å². The zero-order valence-electron chi connectivity index (χ0n) is 11.2. The highest BCUT2D eigenvalue weighted by Crippen LogP contribution is 2.34. The molecule has 0 spiro atoms. The molecule has 19 heavy (non-hydrogen) atoms. The normalized spacial score (nSPS) is 16.8. The molecule has 0 saturated heterocycles. The third-order valence-electron chi connectivity index (χ3n) is 3.57. The van der Waals surface area contributed by atoms with E-state index in [1.807, 2.05) is 6.92 Å². The number of rotatable bonds is 2. The standard InChI is InChI=1S/C15H19N3S/c1-11(16)13-10-19-15(17-13)18-9-5-4-7-12-6-2-3-8-14(12)18/h2-3,6,8,10-11H,4-5,7,9,16H2,1H3. The molecule has 1 aliphatic rings. The topological polar surface area (TPSA) is 42.1 Å². The summed E-state index contributed by atoms with van der Waals surface area (Å²) >= 11 is 1.69. The maximum atomic E-state index is 5.91. The Kier molecular flexibility index (Phi) is 3.53. The quantitative estimate of drug-likeness (QED) is 0.908. The first-order valence-corrected chi connectivity index (χ1v) is 7.70. The van der Waals surface area contributed by atoms with Gasteiger partial charge in [0.25, 0.3) is 0 Å². The van der Waals surface area contributed by atoms with Crippen LogP contribution in [-0.4, -0.2) is 11.5 Å². The van der Waals surface area contributed by atoms with Crippen molar-refractivity contribution in [1.82, 2.24) is 4.98 Å². The van der Waals surface area contributed by atoms with Crippen molar-refractivity contribution in [2.75, 3.05) is 11.4 Å². The molecule has 3 nitrogen and oxygen atoms in total. The van der Waals surface area contributed by atoms with E-state index in [1.54, 1.807) is 11.3 Å². The molecule has 1 atom stereocenters. The van der Waals surface area contributed by atoms with E-state index >= 15 is 0 Å². The molecule has 1 unspecified atom stereocenters. The van der Waals surface area contributed by atoms with E-state index in [-0.39, 0.29) is 6.04 Å². The first kappa shape index (κ1) is 12.6. The molecule has 0 saturated carbocycles. The summed E-state index contributed by atoms with van der Waals surface area (Å²) in [5.41, 5.74) is 9.63. The Labute approximate surface area is 118 Å². The van der Waals surface area contributed by atoms with Gasteiger partial charge in [-0.1, -0.05) is 18.2 Å². The fourth-order valence-corrected chi connectivity index (χ4v) is 3.47. The van der Waals surface area contributed by atoms with Crippen LogP contribution < -0.4 is 10.6 Å². The highest BCUT2D eigenvalue weighted by Gasteiger charge is 2.19. The van der Waals surface area contributed by atoms with Gasteiger partial charge in [0.05, 0.1) is 5.69 Å². The van der Waals surface area contributed by atoms with Crippen molar-refractivity contribution in [1.29, 1.82) is 0 Å². The third-order valence-corrected chi connectivity index (χ3v) is 4.45. The van der Waals surface area contributed by atoms with Crippen LogP contribution in [0.15, 0.2) is 29.6 Å². The average molecular weight is 273 g/mol. The van der Waals surface area contributed by atoms with E-state index in [9.17, 15) is 0 Å². The van der Waals surface area contributed by atoms with Crippen molar-refractivity contribution in [3.05, 3.63) is 40.9 Å². The predicted octanol–water partition coefficient (Wildman–Crippen LogP) is 3.64. The summed E-state index contributed by atoms with van der Waals surface area (Å²) in [5, 5.41) is 3.15. The van der Waals surface area contributed by atoms with E-state index in [4.69, 9.17) is 10.7 Å². The summed E-state index contributed by atoms with van der Waals surface area (Å²) in [4.78, 5) is 7.04. The Bertz CT molecular complexity index is 562. The fourth-order valence-electron chi connectivity index (χ4n) is 2.50. The summed E-state index contributed by atoms with van der Waals surface area (Å²) in [7, 11) is 0. The number of fused-ring (bicyclic) bond motifs is 1. The van der Waals surface area contributed by atoms with Gasteiger partial charge in [0.15, 0.2) is 5.13 Å². The van der Waals surface area contributed by atoms with Gasteiger partial charge in [0.1, 0.15) is 0 Å². The van der Waals surface area contributed by atoms with Gasteiger partial charge in [-0.05, 0) is 37.8 Å². The number of benzene rings is 1. The number of aryl methyl sites for hydroxylation is 1. The van der Waals surface area contributed by atoms with Crippen LogP contribution in [0.25, 0.3) is 0 Å². The lowest BCUT2D eigenvalue weighted by atomic mass is 10.1. The maximum absolute atomic E-state index is 5.91. The number of thiazole rings is 1. The zero-order valence-corrected chi connectivity index (χ0v) is 12.0. The molecule has 0 radical (unpaired) electrons. The fraction of sp³-hybridized carbons (Fsp3) is 0.400. The molecular formula is C15H19N3S. The Hall–Kier alpha value is -1.39. The summed E-state index contributed by atoms with van der Waals surface area (Å²) in [6.45, 7) is 3.03. The Morgan fingerprint density at radius 1 is 1.32 bits per heavy atom. The lowest BCUT2D eigenvalue weighted by molar-refractivity contribution is 0.754. The van der Waals surface area contributed by atoms with Crippen molar-refractivity contribution in [2.24, 2.45) is 5.73 Å². The molecule has 2 N–H and O–H groups in total. The van der Waals surface area contributed by atoms with E-state index in [0.717, 1.165) is 23.8 Å². The number of para-hydroxylation sites is 1. The van der Waals surface area contributed by atoms with Gasteiger partial charge in [-0.3, -0.25) is 0 Å². The molecule has 3 rings (SSSR count). The van der Waals surface area contributed by atoms with Crippen molar-refractivity contribution >= 4 is 22.2 Å². The van der Waals surface area contributed by atoms with Crippen LogP contribution in [0.3, 0.4) is 0 Å². The average Bonchev–Trinajstić information content (AvgIpc) is 2.80. The van der Waals surface area contributed by atoms with Crippen molar-refractivity contribution in [2.45, 2.75) is 32.2 Å². The maximum Gasteiger partial charge on any atom is 0.190 e. The molecule has 1 aliphatic heterocycles.